The average Bonchev–Trinajstić information content (AvgIpc) is 3.58. The number of nitrogens with one attached hydrogen (secondary N) is 2. The van der Waals surface area contributed by atoms with Gasteiger partial charge >= 0.3 is 5.97 Å². The molecule has 0 spiro atoms. The Balaban J connectivity index is 1.79. The van der Waals surface area contributed by atoms with Gasteiger partial charge in [-0.3, -0.25) is 24.4 Å². The number of aliphatic carboxylic acids is 1. The zero-order valence-electron chi connectivity index (χ0n) is 26.1. The van der Waals surface area contributed by atoms with Gasteiger partial charge < -0.3 is 35.5 Å². The van der Waals surface area contributed by atoms with Crippen LogP contribution in [0.5, 0.6) is 11.8 Å². The minimum absolute atomic E-state index is 0.0578. The third-order valence-electron chi connectivity index (χ3n) is 8.26. The molecule has 4 heterocycles. The smallest absolute Gasteiger partial charge is 0.303 e. The Hall–Kier alpha value is -4.81. The van der Waals surface area contributed by atoms with Crippen LogP contribution in [0, 0.1) is 13.8 Å². The highest BCUT2D eigenvalue weighted by atomic mass is 16.5. The van der Waals surface area contributed by atoms with E-state index in [-0.39, 0.29) is 60.1 Å². The van der Waals surface area contributed by atoms with Crippen LogP contribution < -0.4 is 0 Å². The number of aliphatic hydroxyl groups is 2. The first-order valence-electron chi connectivity index (χ1n) is 14.5. The molecule has 12 heteroatoms. The van der Waals surface area contributed by atoms with E-state index in [9.17, 15) is 39.9 Å². The van der Waals surface area contributed by atoms with E-state index < -0.39 is 12.3 Å². The van der Waals surface area contributed by atoms with E-state index in [1.54, 1.807) is 26.0 Å². The number of carbonyl (C=O) groups is 3. The highest BCUT2D eigenvalue weighted by Gasteiger charge is 2.29. The van der Waals surface area contributed by atoms with Crippen LogP contribution in [0.1, 0.15) is 103 Å². The van der Waals surface area contributed by atoms with Gasteiger partial charge in [-0.1, -0.05) is 0 Å². The topological polar surface area (TPSA) is 209 Å². The Morgan fingerprint density at radius 1 is 0.756 bits per heavy atom. The lowest BCUT2D eigenvalue weighted by atomic mass is 9.92. The van der Waals surface area contributed by atoms with Gasteiger partial charge in [-0.2, -0.15) is 0 Å². The summed E-state index contributed by atoms with van der Waals surface area (Å²) in [4.78, 5) is 51.0. The average molecular weight is 619 g/mol. The molecule has 238 valence electrons. The number of carboxylic acids is 1. The van der Waals surface area contributed by atoms with Gasteiger partial charge in [-0.15, -0.1) is 0 Å². The van der Waals surface area contributed by atoms with E-state index in [4.69, 9.17) is 9.98 Å². The third-order valence-corrected chi connectivity index (χ3v) is 8.26. The number of rotatable bonds is 12. The van der Waals surface area contributed by atoms with Gasteiger partial charge in [-0.25, -0.2) is 0 Å². The van der Waals surface area contributed by atoms with Crippen molar-refractivity contribution in [1.29, 1.82) is 0 Å². The lowest BCUT2D eigenvalue weighted by Gasteiger charge is -2.11. The van der Waals surface area contributed by atoms with Gasteiger partial charge in [0.2, 0.25) is 0 Å². The highest BCUT2D eigenvalue weighted by molar-refractivity contribution is 6.21. The van der Waals surface area contributed by atoms with Crippen molar-refractivity contribution in [3.63, 3.8) is 0 Å². The maximum absolute atomic E-state index is 12.0. The highest BCUT2D eigenvalue weighted by Crippen LogP contribution is 2.37. The van der Waals surface area contributed by atoms with Crippen LogP contribution in [-0.4, -0.2) is 70.7 Å². The van der Waals surface area contributed by atoms with Crippen molar-refractivity contribution >= 4 is 41.1 Å². The predicted molar refractivity (Wildman–Crippen MR) is 170 cm³/mol. The molecule has 0 saturated heterocycles. The fourth-order valence-corrected chi connectivity index (χ4v) is 5.85. The Kier molecular flexibility index (Phi) is 9.59. The summed E-state index contributed by atoms with van der Waals surface area (Å²) in [6.45, 7) is 9.85. The molecule has 7 N–H and O–H groups in total. The molecule has 0 amide bonds. The number of H-pyrrole nitrogens is 2. The van der Waals surface area contributed by atoms with E-state index in [1.807, 2.05) is 13.8 Å². The monoisotopic (exact) mass is 618 g/mol. The van der Waals surface area contributed by atoms with Crippen molar-refractivity contribution in [2.24, 2.45) is 9.98 Å². The molecule has 2 aliphatic rings. The van der Waals surface area contributed by atoms with Crippen LogP contribution in [0.15, 0.2) is 43.7 Å². The molecule has 2 aromatic heterocycles. The number of nitrogens with zero attached hydrogens (tertiary/aromatic N) is 2. The zero-order chi connectivity index (χ0) is 33.3. The SMILES string of the molecule is CC(=O)c1c(O)[nH]c(C=C2N=C(CC3=NC(=Cc4[nH]c(O)c(C(C)=O)c4C)C(C)=C3CCC(O)O)C(CCC(=O)O)=C2C)c1C. The summed E-state index contributed by atoms with van der Waals surface area (Å²) in [6, 6.07) is 0. The number of hydrogen-bond donors (Lipinski definition) is 7. The molecule has 0 saturated carbocycles. The van der Waals surface area contributed by atoms with Crippen molar-refractivity contribution in [3.05, 3.63) is 67.3 Å². The number of carbonyl (C=O) groups excluding carboxylic acids is 2. The van der Waals surface area contributed by atoms with Crippen LogP contribution in [0.2, 0.25) is 0 Å². The van der Waals surface area contributed by atoms with Crippen LogP contribution in [-0.2, 0) is 4.79 Å². The molecule has 0 unspecified atom stereocenters. The number of aliphatic imine (C=N–C) groups is 2. The fourth-order valence-electron chi connectivity index (χ4n) is 5.85. The molecule has 0 radical (unpaired) electrons. The second-order valence-corrected chi connectivity index (χ2v) is 11.4. The quantitative estimate of drug-likeness (QED) is 0.126. The van der Waals surface area contributed by atoms with Gasteiger partial charge in [0.15, 0.2) is 29.6 Å². The Labute approximate surface area is 260 Å². The van der Waals surface area contributed by atoms with Gasteiger partial charge in [0.1, 0.15) is 0 Å². The predicted octanol–water partition coefficient (Wildman–Crippen LogP) is 5.05. The van der Waals surface area contributed by atoms with E-state index in [1.165, 1.54) is 13.8 Å². The van der Waals surface area contributed by atoms with E-state index in [0.717, 1.165) is 22.3 Å². The summed E-state index contributed by atoms with van der Waals surface area (Å²) in [5.74, 6) is -2.01. The Bertz CT molecular complexity index is 1790. The Morgan fingerprint density at radius 2 is 1.18 bits per heavy atom. The maximum Gasteiger partial charge on any atom is 0.303 e. The van der Waals surface area contributed by atoms with Crippen molar-refractivity contribution in [1.82, 2.24) is 9.97 Å². The number of aromatic nitrogens is 2. The number of carboxylic acid groups (broad SMARTS) is 1. The first-order chi connectivity index (χ1) is 21.1. The number of Topliss-reactive ketones (excluding diaryl/α,β-unsaturated/α-hetero) is 2. The second-order valence-electron chi connectivity index (χ2n) is 11.4. The summed E-state index contributed by atoms with van der Waals surface area (Å²) in [5, 5.41) is 49.2. The standard InChI is InChI=1S/C33H38N4O8/c1-14-20(7-9-28(40)41)26(34-22(14)11-24-16(3)30(18(5)38)32(44)36-24)13-27-21(8-10-29(42)43)15(2)23(35-27)12-25-17(4)31(19(6)39)33(45)37-25/h11-12,28,36-37,40-41,44-45H,7-10,13H2,1-6H3,(H,42,43). The van der Waals surface area contributed by atoms with Crippen molar-refractivity contribution in [3.8, 4) is 11.8 Å². The van der Waals surface area contributed by atoms with Crippen LogP contribution in [0.3, 0.4) is 0 Å². The van der Waals surface area contributed by atoms with Crippen molar-refractivity contribution in [2.45, 2.75) is 79.9 Å². The second kappa shape index (κ2) is 13.0. The summed E-state index contributed by atoms with van der Waals surface area (Å²) in [5.41, 5.74) is 7.89. The molecule has 0 aromatic carbocycles. The van der Waals surface area contributed by atoms with Gasteiger partial charge in [-0.05, 0) is 100.0 Å². The number of hydrogen-bond acceptors (Lipinski definition) is 9. The first-order valence-corrected chi connectivity index (χ1v) is 14.5. The summed E-state index contributed by atoms with van der Waals surface area (Å²) >= 11 is 0. The molecule has 0 fully saturated rings. The maximum atomic E-state index is 12.0. The molecular weight excluding hydrogens is 580 g/mol. The van der Waals surface area contributed by atoms with Crippen LogP contribution >= 0.6 is 0 Å². The molecule has 12 nitrogen and oxygen atoms in total. The van der Waals surface area contributed by atoms with Gasteiger partial charge in [0, 0.05) is 30.7 Å². The van der Waals surface area contributed by atoms with Gasteiger partial charge in [0.05, 0.1) is 33.9 Å². The van der Waals surface area contributed by atoms with Crippen LogP contribution in [0.4, 0.5) is 0 Å². The number of ketones is 2. The number of aromatic amines is 2. The minimum atomic E-state index is -1.53. The normalized spacial score (nSPS) is 16.9. The van der Waals surface area contributed by atoms with Gasteiger partial charge in [0.25, 0.3) is 0 Å². The lowest BCUT2D eigenvalue weighted by Crippen LogP contribution is -2.13. The number of allylic oxidation sites excluding steroid dienone is 4. The zero-order valence-corrected chi connectivity index (χ0v) is 26.1. The minimum Gasteiger partial charge on any atom is -0.494 e. The summed E-state index contributed by atoms with van der Waals surface area (Å²) < 4.78 is 0. The molecule has 2 aliphatic heterocycles. The molecule has 45 heavy (non-hydrogen) atoms. The van der Waals surface area contributed by atoms with E-state index in [0.29, 0.717) is 51.8 Å². The fraction of sp³-hybridized carbons (Fsp3) is 0.364. The van der Waals surface area contributed by atoms with Crippen molar-refractivity contribution < 1.29 is 39.9 Å². The third kappa shape index (κ3) is 6.81. The number of aromatic hydroxyl groups is 2. The molecule has 4 rings (SSSR count). The largest absolute Gasteiger partial charge is 0.494 e. The molecule has 0 atom stereocenters. The molecule has 0 aliphatic carbocycles. The summed E-state index contributed by atoms with van der Waals surface area (Å²) in [7, 11) is 0. The first kappa shape index (κ1) is 33.1. The van der Waals surface area contributed by atoms with Crippen molar-refractivity contribution in [2.75, 3.05) is 0 Å². The Morgan fingerprint density at radius 3 is 1.53 bits per heavy atom. The molecule has 2 aromatic rings. The van der Waals surface area contributed by atoms with E-state index >= 15 is 0 Å². The molecule has 0 bridgehead atoms. The van der Waals surface area contributed by atoms with Crippen LogP contribution in [0.25, 0.3) is 12.2 Å². The van der Waals surface area contributed by atoms with E-state index in [2.05, 4.69) is 9.97 Å². The number of aliphatic hydroxyl groups excluding tert-OH is 1. The summed E-state index contributed by atoms with van der Waals surface area (Å²) in [6.07, 6.45) is 2.56. The molecular formula is C33H38N4O8. The lowest BCUT2D eigenvalue weighted by molar-refractivity contribution is -0.136.